The number of thiazole rings is 1. The zero-order valence-corrected chi connectivity index (χ0v) is 13.3. The summed E-state index contributed by atoms with van der Waals surface area (Å²) in [5.74, 6) is -1.50. The lowest BCUT2D eigenvalue weighted by atomic mass is 10.1. The van der Waals surface area contributed by atoms with Crippen molar-refractivity contribution in [2.24, 2.45) is 0 Å². The van der Waals surface area contributed by atoms with E-state index in [1.807, 2.05) is 30.3 Å². The first kappa shape index (κ1) is 16.0. The molecule has 0 aliphatic carbocycles. The van der Waals surface area contributed by atoms with Gasteiger partial charge in [0.1, 0.15) is 10.8 Å². The highest BCUT2D eigenvalue weighted by Crippen LogP contribution is 2.23. The number of carbonyl (C=O) groups is 2. The topological polar surface area (TPSA) is 56.3 Å². The number of hydrogen-bond acceptors (Lipinski definition) is 5. The zero-order chi connectivity index (χ0) is 16.9. The lowest BCUT2D eigenvalue weighted by molar-refractivity contribution is 0.0470. The van der Waals surface area contributed by atoms with Gasteiger partial charge in [0.2, 0.25) is 0 Å². The van der Waals surface area contributed by atoms with E-state index in [4.69, 9.17) is 4.74 Å². The summed E-state index contributed by atoms with van der Waals surface area (Å²) in [5.41, 5.74) is 1.35. The summed E-state index contributed by atoms with van der Waals surface area (Å²) in [7, 11) is 0. The number of Topliss-reactive ketones (excluding diaryl/α,β-unsaturated/α-hetero) is 1. The minimum absolute atomic E-state index is 0.158. The summed E-state index contributed by atoms with van der Waals surface area (Å²) in [4.78, 5) is 28.1. The Bertz CT molecular complexity index is 859. The first-order valence-electron chi connectivity index (χ1n) is 7.10. The Labute approximate surface area is 141 Å². The second kappa shape index (κ2) is 7.14. The van der Waals surface area contributed by atoms with Crippen molar-refractivity contribution in [2.75, 3.05) is 6.61 Å². The minimum Gasteiger partial charge on any atom is -0.453 e. The molecule has 24 heavy (non-hydrogen) atoms. The lowest BCUT2D eigenvalue weighted by Gasteiger charge is -2.02. The molecule has 4 nitrogen and oxygen atoms in total. The van der Waals surface area contributed by atoms with Crippen molar-refractivity contribution in [3.63, 3.8) is 0 Å². The Hall–Kier alpha value is -2.86. The monoisotopic (exact) mass is 341 g/mol. The second-order valence-corrected chi connectivity index (χ2v) is 5.77. The lowest BCUT2D eigenvalue weighted by Crippen LogP contribution is -2.14. The first-order valence-corrected chi connectivity index (χ1v) is 7.98. The van der Waals surface area contributed by atoms with Gasteiger partial charge in [-0.05, 0) is 24.3 Å². The molecule has 120 valence electrons. The largest absolute Gasteiger partial charge is 0.453 e. The molecule has 0 N–H and O–H groups in total. The number of esters is 1. The maximum absolute atomic E-state index is 12.8. The van der Waals surface area contributed by atoms with Gasteiger partial charge in [0.25, 0.3) is 0 Å². The molecule has 0 aliphatic heterocycles. The normalized spacial score (nSPS) is 10.4. The van der Waals surface area contributed by atoms with E-state index < -0.39 is 24.2 Å². The summed E-state index contributed by atoms with van der Waals surface area (Å²) in [6.45, 7) is -0.414. The quantitative estimate of drug-likeness (QED) is 0.520. The van der Waals surface area contributed by atoms with E-state index in [1.54, 1.807) is 5.38 Å². The smallest absolute Gasteiger partial charge is 0.358 e. The van der Waals surface area contributed by atoms with E-state index in [1.165, 1.54) is 35.6 Å². The molecule has 0 amide bonds. The Morgan fingerprint density at radius 1 is 1.04 bits per heavy atom. The standard InChI is InChI=1S/C18H12FNO3S/c19-14-8-6-12(7-9-14)16(21)10-23-18(22)15-11-24-17(20-15)13-4-2-1-3-5-13/h1-9,11H,10H2. The molecule has 0 unspecified atom stereocenters. The Morgan fingerprint density at radius 2 is 1.75 bits per heavy atom. The van der Waals surface area contributed by atoms with Crippen LogP contribution in [0.2, 0.25) is 0 Å². The zero-order valence-electron chi connectivity index (χ0n) is 12.4. The highest BCUT2D eigenvalue weighted by molar-refractivity contribution is 7.13. The van der Waals surface area contributed by atoms with Crippen molar-refractivity contribution in [3.8, 4) is 10.6 Å². The van der Waals surface area contributed by atoms with Gasteiger partial charge in [-0.25, -0.2) is 14.2 Å². The number of nitrogens with zero attached hydrogens (tertiary/aromatic N) is 1. The number of carbonyl (C=O) groups excluding carboxylic acids is 2. The van der Waals surface area contributed by atoms with Crippen LogP contribution in [0.3, 0.4) is 0 Å². The number of rotatable bonds is 5. The van der Waals surface area contributed by atoms with Crippen LogP contribution in [0, 0.1) is 5.82 Å². The molecule has 2 aromatic carbocycles. The molecule has 0 fully saturated rings. The van der Waals surface area contributed by atoms with Crippen molar-refractivity contribution in [1.82, 2.24) is 4.98 Å². The molecule has 3 rings (SSSR count). The van der Waals surface area contributed by atoms with Gasteiger partial charge in [-0.3, -0.25) is 4.79 Å². The third kappa shape index (κ3) is 3.72. The third-order valence-corrected chi connectivity index (χ3v) is 4.13. The molecule has 1 aromatic heterocycles. The summed E-state index contributed by atoms with van der Waals surface area (Å²) in [5, 5.41) is 2.29. The predicted molar refractivity (Wildman–Crippen MR) is 88.6 cm³/mol. The molecule has 1 heterocycles. The summed E-state index contributed by atoms with van der Waals surface area (Å²) in [6, 6.07) is 14.5. The van der Waals surface area contributed by atoms with Crippen LogP contribution in [0.5, 0.6) is 0 Å². The average molecular weight is 341 g/mol. The van der Waals surface area contributed by atoms with Gasteiger partial charge < -0.3 is 4.74 Å². The average Bonchev–Trinajstić information content (AvgIpc) is 3.11. The number of ketones is 1. The molecule has 0 radical (unpaired) electrons. The molecular weight excluding hydrogens is 329 g/mol. The van der Waals surface area contributed by atoms with E-state index in [-0.39, 0.29) is 11.3 Å². The van der Waals surface area contributed by atoms with E-state index in [0.717, 1.165) is 5.56 Å². The van der Waals surface area contributed by atoms with Crippen LogP contribution in [0.4, 0.5) is 4.39 Å². The molecule has 0 bridgehead atoms. The molecule has 3 aromatic rings. The van der Waals surface area contributed by atoms with E-state index >= 15 is 0 Å². The number of halogens is 1. The highest BCUT2D eigenvalue weighted by Gasteiger charge is 2.15. The molecule has 0 atom stereocenters. The summed E-state index contributed by atoms with van der Waals surface area (Å²) in [6.07, 6.45) is 0. The fourth-order valence-corrected chi connectivity index (χ4v) is 2.80. The van der Waals surface area contributed by atoms with Gasteiger partial charge >= 0.3 is 5.97 Å². The van der Waals surface area contributed by atoms with E-state index in [2.05, 4.69) is 4.98 Å². The van der Waals surface area contributed by atoms with Crippen LogP contribution >= 0.6 is 11.3 Å². The molecule has 0 saturated carbocycles. The van der Waals surface area contributed by atoms with E-state index in [0.29, 0.717) is 5.01 Å². The van der Waals surface area contributed by atoms with Gasteiger partial charge in [0.15, 0.2) is 18.1 Å². The Kier molecular flexibility index (Phi) is 4.77. The van der Waals surface area contributed by atoms with E-state index in [9.17, 15) is 14.0 Å². The Morgan fingerprint density at radius 3 is 2.46 bits per heavy atom. The molecule has 6 heteroatoms. The first-order chi connectivity index (χ1) is 11.6. The van der Waals surface area contributed by atoms with Crippen molar-refractivity contribution in [3.05, 3.63) is 77.1 Å². The number of benzene rings is 2. The van der Waals surface area contributed by atoms with Crippen LogP contribution in [0.15, 0.2) is 60.0 Å². The van der Waals surface area contributed by atoms with Crippen LogP contribution in [-0.4, -0.2) is 23.3 Å². The maximum Gasteiger partial charge on any atom is 0.358 e. The van der Waals surface area contributed by atoms with Crippen LogP contribution in [0.1, 0.15) is 20.8 Å². The fraction of sp³-hybridized carbons (Fsp3) is 0.0556. The number of ether oxygens (including phenoxy) is 1. The van der Waals surface area contributed by atoms with Crippen LogP contribution in [-0.2, 0) is 4.74 Å². The van der Waals surface area contributed by atoms with Crippen LogP contribution in [0.25, 0.3) is 10.6 Å². The van der Waals surface area contributed by atoms with Crippen molar-refractivity contribution in [1.29, 1.82) is 0 Å². The van der Waals surface area contributed by atoms with Gasteiger partial charge in [-0.2, -0.15) is 0 Å². The fourth-order valence-electron chi connectivity index (χ4n) is 2.00. The number of aromatic nitrogens is 1. The second-order valence-electron chi connectivity index (χ2n) is 4.91. The van der Waals surface area contributed by atoms with Gasteiger partial charge in [0.05, 0.1) is 0 Å². The minimum atomic E-state index is -0.663. The van der Waals surface area contributed by atoms with Gasteiger partial charge in [-0.1, -0.05) is 30.3 Å². The van der Waals surface area contributed by atoms with Crippen molar-refractivity contribution in [2.45, 2.75) is 0 Å². The summed E-state index contributed by atoms with van der Waals surface area (Å²) < 4.78 is 17.8. The molecule has 0 spiro atoms. The Balaban J connectivity index is 1.62. The third-order valence-electron chi connectivity index (χ3n) is 3.23. The molecular formula is C18H12FNO3S. The van der Waals surface area contributed by atoms with Crippen molar-refractivity contribution >= 4 is 23.1 Å². The summed E-state index contributed by atoms with van der Waals surface area (Å²) >= 11 is 1.32. The van der Waals surface area contributed by atoms with Gasteiger partial charge in [-0.15, -0.1) is 11.3 Å². The van der Waals surface area contributed by atoms with Crippen LogP contribution < -0.4 is 0 Å². The predicted octanol–water partition coefficient (Wildman–Crippen LogP) is 3.99. The van der Waals surface area contributed by atoms with Crippen molar-refractivity contribution < 1.29 is 18.7 Å². The van der Waals surface area contributed by atoms with Gasteiger partial charge in [0, 0.05) is 16.5 Å². The molecule has 0 aliphatic rings. The highest BCUT2D eigenvalue weighted by atomic mass is 32.1. The maximum atomic E-state index is 12.8. The number of hydrogen-bond donors (Lipinski definition) is 0. The SMILES string of the molecule is O=C(COC(=O)c1csc(-c2ccccc2)n1)c1ccc(F)cc1. The molecule has 0 saturated heterocycles.